The van der Waals surface area contributed by atoms with Crippen LogP contribution in [0.2, 0.25) is 10.0 Å². The Morgan fingerprint density at radius 2 is 1.59 bits per heavy atom. The van der Waals surface area contributed by atoms with Gasteiger partial charge < -0.3 is 19.5 Å². The Bertz CT molecular complexity index is 1530. The lowest BCUT2D eigenvalue weighted by atomic mass is 9.99. The van der Waals surface area contributed by atoms with Gasteiger partial charge >= 0.3 is 6.03 Å². The van der Waals surface area contributed by atoms with Gasteiger partial charge in [0.25, 0.3) is 0 Å². The Labute approximate surface area is 249 Å². The zero-order valence-electron chi connectivity index (χ0n) is 22.6. The van der Waals surface area contributed by atoms with E-state index in [4.69, 9.17) is 32.5 Å². The van der Waals surface area contributed by atoms with Gasteiger partial charge in [-0.05, 0) is 73.9 Å². The van der Waals surface area contributed by atoms with Crippen LogP contribution in [-0.2, 0) is 11.3 Å². The van der Waals surface area contributed by atoms with Crippen molar-refractivity contribution >= 4 is 34.9 Å². The molecule has 3 fully saturated rings. The zero-order chi connectivity index (χ0) is 27.9. The van der Waals surface area contributed by atoms with Gasteiger partial charge in [0, 0.05) is 34.8 Å². The summed E-state index contributed by atoms with van der Waals surface area (Å²) >= 11 is 13.1. The van der Waals surface area contributed by atoms with Crippen LogP contribution in [0.25, 0.3) is 22.4 Å². The highest BCUT2D eigenvalue weighted by atomic mass is 35.5. The zero-order valence-corrected chi connectivity index (χ0v) is 24.1. The number of piperidine rings is 1. The molecule has 2 aliphatic heterocycles. The second-order valence-electron chi connectivity index (χ2n) is 11.3. The highest BCUT2D eigenvalue weighted by Crippen LogP contribution is 2.46. The van der Waals surface area contributed by atoms with Crippen LogP contribution in [0, 0.1) is 0 Å². The van der Waals surface area contributed by atoms with Gasteiger partial charge in [0.1, 0.15) is 11.5 Å². The molecule has 6 nitrogen and oxygen atoms in total. The van der Waals surface area contributed by atoms with E-state index in [0.29, 0.717) is 33.8 Å². The predicted octanol–water partition coefficient (Wildman–Crippen LogP) is 8.94. The summed E-state index contributed by atoms with van der Waals surface area (Å²) in [6.07, 6.45) is 5.81. The third kappa shape index (κ3) is 5.36. The first-order valence-electron chi connectivity index (χ1n) is 14.3. The molecule has 0 radical (unpaired) electrons. The number of hydrogen-bond donors (Lipinski definition) is 1. The van der Waals surface area contributed by atoms with Crippen molar-refractivity contribution < 1.29 is 14.1 Å². The minimum Gasteiger partial charge on any atom is -0.373 e. The first kappa shape index (κ1) is 26.6. The standard InChI is InChI=1S/C33H31Cl2N3O3/c34-28-10-5-11-29(35)30(28)31-27(32(41-37-31)21-12-13-21)19-40-26-17-24-14-15-25(18-26)38(24)33(39)36-23-9-4-8-22(16-23)20-6-2-1-3-7-20/h1-11,16,21,24-26H,12-15,17-19H2,(H,36,39). The molecule has 8 heteroatoms. The second-order valence-corrected chi connectivity index (χ2v) is 12.1. The van der Waals surface area contributed by atoms with Crippen molar-refractivity contribution in [2.45, 2.75) is 69.2 Å². The minimum absolute atomic E-state index is 0.0353. The molecule has 1 aliphatic carbocycles. The van der Waals surface area contributed by atoms with Crippen molar-refractivity contribution in [3.05, 3.63) is 94.2 Å². The number of urea groups is 1. The van der Waals surface area contributed by atoms with Crippen LogP contribution < -0.4 is 5.32 Å². The normalized spacial score (nSPS) is 21.7. The third-order valence-corrected chi connectivity index (χ3v) is 9.20. The fraction of sp³-hybridized carbons (Fsp3) is 0.333. The Balaban J connectivity index is 1.03. The van der Waals surface area contributed by atoms with Crippen molar-refractivity contribution in [1.29, 1.82) is 0 Å². The van der Waals surface area contributed by atoms with Gasteiger partial charge in [0.05, 0.1) is 22.8 Å². The number of amides is 2. The average molecular weight is 589 g/mol. The number of ether oxygens (including phenoxy) is 1. The molecule has 2 atom stereocenters. The Morgan fingerprint density at radius 3 is 2.29 bits per heavy atom. The number of aromatic nitrogens is 1. The van der Waals surface area contributed by atoms with Crippen molar-refractivity contribution in [1.82, 2.24) is 10.1 Å². The van der Waals surface area contributed by atoms with Gasteiger partial charge in [-0.15, -0.1) is 0 Å². The highest BCUT2D eigenvalue weighted by Gasteiger charge is 2.44. The third-order valence-electron chi connectivity index (χ3n) is 8.57. The van der Waals surface area contributed by atoms with E-state index in [0.717, 1.165) is 66.7 Å². The summed E-state index contributed by atoms with van der Waals surface area (Å²) < 4.78 is 12.3. The van der Waals surface area contributed by atoms with Gasteiger partial charge in [-0.3, -0.25) is 0 Å². The van der Waals surface area contributed by atoms with E-state index in [9.17, 15) is 4.79 Å². The van der Waals surface area contributed by atoms with Gasteiger partial charge in [-0.25, -0.2) is 4.79 Å². The molecule has 41 heavy (non-hydrogen) atoms. The summed E-state index contributed by atoms with van der Waals surface area (Å²) in [6, 6.07) is 23.9. The van der Waals surface area contributed by atoms with Crippen LogP contribution in [0.4, 0.5) is 10.5 Å². The maximum Gasteiger partial charge on any atom is 0.322 e. The van der Waals surface area contributed by atoms with Gasteiger partial charge in [-0.1, -0.05) is 76.9 Å². The fourth-order valence-electron chi connectivity index (χ4n) is 6.44. The van der Waals surface area contributed by atoms with Crippen LogP contribution in [0.15, 0.2) is 77.3 Å². The van der Waals surface area contributed by atoms with E-state index in [1.165, 1.54) is 0 Å². The van der Waals surface area contributed by atoms with Crippen molar-refractivity contribution in [2.24, 2.45) is 0 Å². The lowest BCUT2D eigenvalue weighted by Crippen LogP contribution is -2.50. The SMILES string of the molecule is O=C(Nc1cccc(-c2ccccc2)c1)N1C2CCC1CC(OCc1c(-c3c(Cl)cccc3Cl)noc1C1CC1)C2. The van der Waals surface area contributed by atoms with Gasteiger partial charge in [0.15, 0.2) is 0 Å². The average Bonchev–Trinajstić information content (AvgIpc) is 3.68. The Morgan fingerprint density at radius 1 is 0.902 bits per heavy atom. The number of anilines is 1. The number of nitrogens with zero attached hydrogens (tertiary/aromatic N) is 2. The fourth-order valence-corrected chi connectivity index (χ4v) is 7.02. The van der Waals surface area contributed by atoms with E-state index in [2.05, 4.69) is 28.7 Å². The van der Waals surface area contributed by atoms with Crippen LogP contribution in [0.5, 0.6) is 0 Å². The summed E-state index contributed by atoms with van der Waals surface area (Å²) in [4.78, 5) is 15.5. The molecule has 1 saturated carbocycles. The van der Waals surface area contributed by atoms with Gasteiger partial charge in [-0.2, -0.15) is 0 Å². The number of rotatable bonds is 7. The largest absolute Gasteiger partial charge is 0.373 e. The second kappa shape index (κ2) is 11.2. The van der Waals surface area contributed by atoms with Crippen LogP contribution in [0.3, 0.4) is 0 Å². The number of nitrogens with one attached hydrogen (secondary N) is 1. The van der Waals surface area contributed by atoms with Crippen molar-refractivity contribution in [3.63, 3.8) is 0 Å². The number of carbonyl (C=O) groups excluding carboxylic acids is 1. The first-order valence-corrected chi connectivity index (χ1v) is 15.1. The molecule has 7 rings (SSSR count). The first-order chi connectivity index (χ1) is 20.0. The van der Waals surface area contributed by atoms with Crippen LogP contribution in [-0.4, -0.2) is 34.3 Å². The van der Waals surface area contributed by atoms with E-state index >= 15 is 0 Å². The molecule has 0 spiro atoms. The molecule has 4 aromatic rings. The van der Waals surface area contributed by atoms with E-state index in [-0.39, 0.29) is 24.2 Å². The van der Waals surface area contributed by atoms with Crippen molar-refractivity contribution in [2.75, 3.05) is 5.32 Å². The molecular weight excluding hydrogens is 557 g/mol. The number of halogens is 2. The molecule has 2 bridgehead atoms. The maximum atomic E-state index is 13.4. The molecule has 3 aliphatic rings. The van der Waals surface area contributed by atoms with Gasteiger partial charge in [0.2, 0.25) is 0 Å². The van der Waals surface area contributed by atoms with Crippen LogP contribution >= 0.6 is 23.2 Å². The highest BCUT2D eigenvalue weighted by molar-refractivity contribution is 6.39. The monoisotopic (exact) mass is 587 g/mol. The van der Waals surface area contributed by atoms with Crippen molar-refractivity contribution in [3.8, 4) is 22.4 Å². The summed E-state index contributed by atoms with van der Waals surface area (Å²) in [5.74, 6) is 1.26. The number of benzene rings is 3. The molecule has 2 saturated heterocycles. The number of hydrogen-bond acceptors (Lipinski definition) is 4. The summed E-state index contributed by atoms with van der Waals surface area (Å²) in [5.41, 5.74) is 5.30. The molecular formula is C33H31Cl2N3O3. The molecule has 210 valence electrons. The minimum atomic E-state index is -0.0353. The molecule has 1 N–H and O–H groups in total. The van der Waals surface area contributed by atoms with E-state index in [1.54, 1.807) is 0 Å². The summed E-state index contributed by atoms with van der Waals surface area (Å²) in [5, 5.41) is 8.63. The summed E-state index contributed by atoms with van der Waals surface area (Å²) in [7, 11) is 0. The van der Waals surface area contributed by atoms with Crippen LogP contribution in [0.1, 0.15) is 55.8 Å². The molecule has 2 unspecified atom stereocenters. The molecule has 1 aromatic heterocycles. The Hall–Kier alpha value is -3.32. The lowest BCUT2D eigenvalue weighted by Gasteiger charge is -2.38. The lowest BCUT2D eigenvalue weighted by molar-refractivity contribution is -0.0158. The van der Waals surface area contributed by atoms with E-state index < -0.39 is 0 Å². The quantitative estimate of drug-likeness (QED) is 0.234. The summed E-state index contributed by atoms with van der Waals surface area (Å²) in [6.45, 7) is 0.384. The smallest absolute Gasteiger partial charge is 0.322 e. The predicted molar refractivity (Wildman–Crippen MR) is 161 cm³/mol. The maximum absolute atomic E-state index is 13.4. The number of carbonyl (C=O) groups is 1. The number of fused-ring (bicyclic) bond motifs is 2. The molecule has 3 heterocycles. The van der Waals surface area contributed by atoms with E-state index in [1.807, 2.05) is 59.5 Å². The Kier molecular flexibility index (Phi) is 7.23. The molecule has 3 aromatic carbocycles. The molecule has 2 amide bonds. The topological polar surface area (TPSA) is 67.6 Å².